The van der Waals surface area contributed by atoms with E-state index in [0.717, 1.165) is 50.9 Å². The zero-order chi connectivity index (χ0) is 14.6. The molecule has 1 unspecified atom stereocenters. The highest BCUT2D eigenvalue weighted by atomic mass is 16.1. The van der Waals surface area contributed by atoms with Gasteiger partial charge in [0.25, 0.3) is 0 Å². The third kappa shape index (κ3) is 3.82. The third-order valence-electron chi connectivity index (χ3n) is 4.09. The molecule has 1 saturated carbocycles. The van der Waals surface area contributed by atoms with Gasteiger partial charge in [-0.15, -0.1) is 0 Å². The first kappa shape index (κ1) is 15.0. The van der Waals surface area contributed by atoms with E-state index >= 15 is 0 Å². The van der Waals surface area contributed by atoms with Gasteiger partial charge < -0.3 is 15.6 Å². The molecule has 20 heavy (non-hydrogen) atoms. The lowest BCUT2D eigenvalue weighted by Gasteiger charge is -2.27. The predicted molar refractivity (Wildman–Crippen MR) is 79.2 cm³/mol. The van der Waals surface area contributed by atoms with Crippen molar-refractivity contribution in [2.45, 2.75) is 70.5 Å². The fourth-order valence-corrected chi connectivity index (χ4v) is 2.56. The van der Waals surface area contributed by atoms with Gasteiger partial charge in [-0.1, -0.05) is 6.92 Å². The van der Waals surface area contributed by atoms with Crippen LogP contribution in [0.3, 0.4) is 0 Å². The van der Waals surface area contributed by atoms with E-state index in [9.17, 15) is 4.79 Å². The Labute approximate surface area is 120 Å². The van der Waals surface area contributed by atoms with E-state index in [-0.39, 0.29) is 5.91 Å². The maximum atomic E-state index is 11.7. The minimum atomic E-state index is -0.552. The molecular weight excluding hydrogens is 252 g/mol. The Bertz CT molecular complexity index is 452. The number of amides is 1. The summed E-state index contributed by atoms with van der Waals surface area (Å²) in [5.74, 6) is 0.889. The van der Waals surface area contributed by atoms with E-state index in [0.29, 0.717) is 6.04 Å². The predicted octanol–water partition coefficient (Wildman–Crippen LogP) is 1.61. The topological polar surface area (TPSA) is 72.9 Å². The normalized spacial score (nSPS) is 17.9. The van der Waals surface area contributed by atoms with Crippen LogP contribution in [0.4, 0.5) is 0 Å². The lowest BCUT2D eigenvalue weighted by atomic mass is 9.93. The molecule has 1 aliphatic carbocycles. The lowest BCUT2D eigenvalue weighted by Crippen LogP contribution is -2.53. The van der Waals surface area contributed by atoms with Crippen molar-refractivity contribution in [1.29, 1.82) is 0 Å². The number of aromatic nitrogens is 2. The molecule has 1 aromatic rings. The van der Waals surface area contributed by atoms with E-state index < -0.39 is 5.54 Å². The highest BCUT2D eigenvalue weighted by Gasteiger charge is 2.36. The molecule has 0 aromatic carbocycles. The Morgan fingerprint density at radius 3 is 2.90 bits per heavy atom. The molecule has 1 heterocycles. The van der Waals surface area contributed by atoms with Crippen LogP contribution in [-0.2, 0) is 17.8 Å². The standard InChI is InChI=1S/C15H26N4O/c1-3-13-17-9-11-19(13)10-5-4-8-15(2,14(16)20)18-12-6-7-12/h9,11-12,18H,3-8,10H2,1-2H3,(H2,16,20). The molecule has 1 atom stereocenters. The molecule has 2 rings (SSSR count). The molecule has 0 aliphatic heterocycles. The summed E-state index contributed by atoms with van der Waals surface area (Å²) in [6, 6.07) is 0.493. The van der Waals surface area contributed by atoms with Gasteiger partial charge in [-0.3, -0.25) is 4.79 Å². The zero-order valence-corrected chi connectivity index (χ0v) is 12.6. The maximum Gasteiger partial charge on any atom is 0.237 e. The van der Waals surface area contributed by atoms with Crippen molar-refractivity contribution in [3.8, 4) is 0 Å². The Morgan fingerprint density at radius 1 is 1.55 bits per heavy atom. The van der Waals surface area contributed by atoms with E-state index in [2.05, 4.69) is 21.8 Å². The molecule has 1 fully saturated rings. The van der Waals surface area contributed by atoms with Gasteiger partial charge in [-0.2, -0.15) is 0 Å². The number of carbonyl (C=O) groups excluding carboxylic acids is 1. The Balaban J connectivity index is 1.77. The van der Waals surface area contributed by atoms with Crippen molar-refractivity contribution in [3.05, 3.63) is 18.2 Å². The quantitative estimate of drug-likeness (QED) is 0.674. The van der Waals surface area contributed by atoms with Crippen LogP contribution >= 0.6 is 0 Å². The number of unbranched alkanes of at least 4 members (excludes halogenated alkanes) is 1. The number of primary amides is 1. The molecule has 0 spiro atoms. The molecule has 0 bridgehead atoms. The molecule has 1 aliphatic rings. The second kappa shape index (κ2) is 6.39. The summed E-state index contributed by atoms with van der Waals surface area (Å²) in [5, 5.41) is 3.39. The Kier molecular flexibility index (Phi) is 4.81. The van der Waals surface area contributed by atoms with E-state index in [1.54, 1.807) is 0 Å². The summed E-state index contributed by atoms with van der Waals surface area (Å²) >= 11 is 0. The van der Waals surface area contributed by atoms with Gasteiger partial charge >= 0.3 is 0 Å². The molecule has 0 radical (unpaired) electrons. The van der Waals surface area contributed by atoms with Gasteiger partial charge in [-0.05, 0) is 39.0 Å². The van der Waals surface area contributed by atoms with Gasteiger partial charge in [0.2, 0.25) is 5.91 Å². The molecule has 0 saturated heterocycles. The van der Waals surface area contributed by atoms with Crippen molar-refractivity contribution in [2.75, 3.05) is 0 Å². The van der Waals surface area contributed by atoms with Gasteiger partial charge in [0.05, 0.1) is 5.54 Å². The highest BCUT2D eigenvalue weighted by Crippen LogP contribution is 2.25. The van der Waals surface area contributed by atoms with Gasteiger partial charge in [-0.25, -0.2) is 4.98 Å². The van der Waals surface area contributed by atoms with Crippen molar-refractivity contribution >= 4 is 5.91 Å². The number of imidazole rings is 1. The van der Waals surface area contributed by atoms with Gasteiger partial charge in [0.15, 0.2) is 0 Å². The highest BCUT2D eigenvalue weighted by molar-refractivity contribution is 5.84. The molecule has 112 valence electrons. The van der Waals surface area contributed by atoms with Crippen molar-refractivity contribution in [2.24, 2.45) is 5.73 Å². The maximum absolute atomic E-state index is 11.7. The first-order chi connectivity index (χ1) is 9.55. The van der Waals surface area contributed by atoms with E-state index in [1.807, 2.05) is 19.3 Å². The fourth-order valence-electron chi connectivity index (χ4n) is 2.56. The summed E-state index contributed by atoms with van der Waals surface area (Å²) in [4.78, 5) is 16.0. The first-order valence-electron chi connectivity index (χ1n) is 7.63. The third-order valence-corrected chi connectivity index (χ3v) is 4.09. The lowest BCUT2D eigenvalue weighted by molar-refractivity contribution is -0.124. The van der Waals surface area contributed by atoms with Crippen LogP contribution in [0.1, 0.15) is 51.8 Å². The summed E-state index contributed by atoms with van der Waals surface area (Å²) < 4.78 is 2.19. The van der Waals surface area contributed by atoms with E-state index in [1.165, 1.54) is 0 Å². The fraction of sp³-hybridized carbons (Fsp3) is 0.733. The van der Waals surface area contributed by atoms with Gasteiger partial charge in [0.1, 0.15) is 5.82 Å². The number of nitrogens with two attached hydrogens (primary N) is 1. The number of hydrogen-bond donors (Lipinski definition) is 2. The second-order valence-corrected chi connectivity index (χ2v) is 5.96. The van der Waals surface area contributed by atoms with Crippen LogP contribution in [0.25, 0.3) is 0 Å². The number of hydrogen-bond acceptors (Lipinski definition) is 3. The summed E-state index contributed by atoms with van der Waals surface area (Å²) in [5.41, 5.74) is 5.00. The minimum absolute atomic E-state index is 0.235. The first-order valence-corrected chi connectivity index (χ1v) is 7.63. The monoisotopic (exact) mass is 278 g/mol. The largest absolute Gasteiger partial charge is 0.368 e. The Hall–Kier alpha value is -1.36. The number of nitrogens with one attached hydrogen (secondary N) is 1. The van der Waals surface area contributed by atoms with Crippen LogP contribution in [0, 0.1) is 0 Å². The smallest absolute Gasteiger partial charge is 0.237 e. The average molecular weight is 278 g/mol. The molecule has 3 N–H and O–H groups in total. The van der Waals surface area contributed by atoms with Crippen molar-refractivity contribution in [3.63, 3.8) is 0 Å². The van der Waals surface area contributed by atoms with Crippen molar-refractivity contribution in [1.82, 2.24) is 14.9 Å². The summed E-state index contributed by atoms with van der Waals surface area (Å²) in [6.45, 7) is 5.01. The van der Waals surface area contributed by atoms with Crippen LogP contribution < -0.4 is 11.1 Å². The Morgan fingerprint density at radius 2 is 2.30 bits per heavy atom. The average Bonchev–Trinajstić information content (AvgIpc) is 3.10. The van der Waals surface area contributed by atoms with E-state index in [4.69, 9.17) is 5.73 Å². The van der Waals surface area contributed by atoms with Crippen LogP contribution in [0.2, 0.25) is 0 Å². The summed E-state index contributed by atoms with van der Waals surface area (Å²) in [7, 11) is 0. The molecular formula is C15H26N4O. The van der Waals surface area contributed by atoms with Crippen LogP contribution in [0.5, 0.6) is 0 Å². The zero-order valence-electron chi connectivity index (χ0n) is 12.6. The number of rotatable bonds is 9. The van der Waals surface area contributed by atoms with Crippen molar-refractivity contribution < 1.29 is 4.79 Å². The van der Waals surface area contributed by atoms with Crippen LogP contribution in [0.15, 0.2) is 12.4 Å². The molecule has 5 nitrogen and oxygen atoms in total. The number of aryl methyl sites for hydroxylation is 2. The molecule has 1 amide bonds. The van der Waals surface area contributed by atoms with Crippen LogP contribution in [-0.4, -0.2) is 27.0 Å². The van der Waals surface area contributed by atoms with Gasteiger partial charge in [0, 0.05) is 31.4 Å². The SMILES string of the molecule is CCc1nccn1CCCCC(C)(NC1CC1)C(N)=O. The molecule has 1 aromatic heterocycles. The number of nitrogens with zero attached hydrogens (tertiary/aromatic N) is 2. The number of carbonyl (C=O) groups is 1. The summed E-state index contributed by atoms with van der Waals surface area (Å²) in [6.07, 6.45) is 9.98. The second-order valence-electron chi connectivity index (χ2n) is 5.96. The molecule has 5 heteroatoms. The minimum Gasteiger partial charge on any atom is -0.368 e.